The maximum atomic E-state index is 12.0. The number of benzene rings is 2. The number of hydrogen-bond acceptors (Lipinski definition) is 2. The molecule has 2 aliphatic rings. The first kappa shape index (κ1) is 12.4. The first-order chi connectivity index (χ1) is 10.2. The fraction of sp³-hybridized carbons (Fsp3) is 0.167. The number of rotatable bonds is 1. The van der Waals surface area contributed by atoms with Crippen LogP contribution < -0.4 is 9.38 Å². The van der Waals surface area contributed by atoms with E-state index in [-0.39, 0.29) is 5.78 Å². The van der Waals surface area contributed by atoms with Crippen LogP contribution in [0, 0.1) is 0 Å². The van der Waals surface area contributed by atoms with E-state index in [4.69, 9.17) is 0 Å². The van der Waals surface area contributed by atoms with Gasteiger partial charge in [-0.2, -0.15) is 0 Å². The summed E-state index contributed by atoms with van der Waals surface area (Å²) in [5.41, 5.74) is 3.61. The number of carbonyl (C=O) groups excluding carboxylic acids is 1. The van der Waals surface area contributed by atoms with Crippen molar-refractivity contribution < 1.29 is 4.79 Å². The van der Waals surface area contributed by atoms with Crippen LogP contribution in [0.2, 0.25) is 0 Å². The molecule has 0 spiro atoms. The van der Waals surface area contributed by atoms with Gasteiger partial charge >= 0.3 is 0 Å². The number of hydrogen-bond donors (Lipinski definition) is 0. The molecule has 1 unspecified atom stereocenters. The first-order valence-electron chi connectivity index (χ1n) is 7.25. The van der Waals surface area contributed by atoms with E-state index in [1.54, 1.807) is 0 Å². The summed E-state index contributed by atoms with van der Waals surface area (Å²) in [6.07, 6.45) is 2.41. The van der Waals surface area contributed by atoms with Gasteiger partial charge in [-0.15, -0.1) is 0 Å². The lowest BCUT2D eigenvalue weighted by atomic mass is 10.1. The number of quaternary nitrogens is 1. The van der Waals surface area contributed by atoms with Crippen LogP contribution in [0.25, 0.3) is 0 Å². The Morgan fingerprint density at radius 1 is 1.00 bits per heavy atom. The van der Waals surface area contributed by atoms with Gasteiger partial charge in [0.05, 0.1) is 13.1 Å². The minimum atomic E-state index is 0.217. The van der Waals surface area contributed by atoms with Crippen molar-refractivity contribution in [2.24, 2.45) is 0 Å². The molecular formula is C18H17N2O+. The predicted molar refractivity (Wildman–Crippen MR) is 85.3 cm³/mol. The van der Waals surface area contributed by atoms with E-state index in [9.17, 15) is 4.79 Å². The van der Waals surface area contributed by atoms with Crippen LogP contribution in [-0.2, 0) is 4.79 Å². The highest BCUT2D eigenvalue weighted by molar-refractivity contribution is 5.97. The number of para-hydroxylation sites is 3. The lowest BCUT2D eigenvalue weighted by Crippen LogP contribution is -2.43. The Morgan fingerprint density at radius 3 is 2.52 bits per heavy atom. The Bertz CT molecular complexity index is 751. The lowest BCUT2D eigenvalue weighted by molar-refractivity contribution is -0.114. The highest BCUT2D eigenvalue weighted by Gasteiger charge is 2.48. The van der Waals surface area contributed by atoms with Crippen molar-refractivity contribution in [3.63, 3.8) is 0 Å². The summed E-state index contributed by atoms with van der Waals surface area (Å²) in [5, 5.41) is 0. The van der Waals surface area contributed by atoms with E-state index in [1.165, 1.54) is 17.1 Å². The van der Waals surface area contributed by atoms with Crippen molar-refractivity contribution in [3.05, 3.63) is 66.5 Å². The Morgan fingerprint density at radius 2 is 1.71 bits per heavy atom. The molecule has 0 N–H and O–H groups in total. The fourth-order valence-corrected chi connectivity index (χ4v) is 3.44. The second-order valence-electron chi connectivity index (χ2n) is 5.70. The molecule has 0 fully saturated rings. The lowest BCUT2D eigenvalue weighted by Gasteiger charge is -2.32. The third kappa shape index (κ3) is 1.61. The molecule has 3 nitrogen and oxygen atoms in total. The van der Waals surface area contributed by atoms with Crippen LogP contribution in [0.3, 0.4) is 0 Å². The summed E-state index contributed by atoms with van der Waals surface area (Å²) in [4.78, 5) is 14.2. The molecule has 0 saturated heterocycles. The van der Waals surface area contributed by atoms with Gasteiger partial charge in [0.25, 0.3) is 0 Å². The smallest absolute Gasteiger partial charge is 0.222 e. The van der Waals surface area contributed by atoms with E-state index >= 15 is 0 Å². The number of ketones is 1. The molecule has 2 aliphatic heterocycles. The summed E-state index contributed by atoms with van der Waals surface area (Å²) in [5.74, 6) is 1.27. The number of allylic oxidation sites excluding steroid dienone is 1. The summed E-state index contributed by atoms with van der Waals surface area (Å²) < 4.78 is 0.558. The minimum Gasteiger partial charge on any atom is -0.294 e. The normalized spacial score (nSPS) is 23.6. The molecule has 2 heterocycles. The van der Waals surface area contributed by atoms with Crippen molar-refractivity contribution in [1.82, 2.24) is 4.48 Å². The standard InChI is InChI=1S/C18H17N2O/c1-20(14-7-3-2-4-8-14)17-10-6-5-9-16(17)19-12-11-15(21)13-18(19)20/h2-10,13H,11-12H2,1H3/q+1. The average Bonchev–Trinajstić information content (AvgIpc) is 2.79. The van der Waals surface area contributed by atoms with Crippen LogP contribution in [0.15, 0.2) is 66.5 Å². The molecule has 0 amide bonds. The zero-order valence-corrected chi connectivity index (χ0v) is 12.0. The Kier molecular flexibility index (Phi) is 2.53. The molecule has 0 radical (unpaired) electrons. The molecule has 3 heteroatoms. The summed E-state index contributed by atoms with van der Waals surface area (Å²) >= 11 is 0. The van der Waals surface area contributed by atoms with Crippen molar-refractivity contribution in [3.8, 4) is 0 Å². The van der Waals surface area contributed by atoms with Gasteiger partial charge in [0, 0.05) is 31.2 Å². The molecule has 2 aromatic carbocycles. The van der Waals surface area contributed by atoms with E-state index in [1.807, 2.05) is 12.1 Å². The highest BCUT2D eigenvalue weighted by Crippen LogP contribution is 2.51. The van der Waals surface area contributed by atoms with Gasteiger partial charge in [0.15, 0.2) is 11.5 Å². The molecule has 0 aromatic heterocycles. The monoisotopic (exact) mass is 277 g/mol. The van der Waals surface area contributed by atoms with Gasteiger partial charge in [-0.1, -0.05) is 30.3 Å². The maximum absolute atomic E-state index is 12.0. The maximum Gasteiger partial charge on any atom is 0.222 e. The average molecular weight is 277 g/mol. The van der Waals surface area contributed by atoms with Crippen LogP contribution in [-0.4, -0.2) is 19.4 Å². The summed E-state index contributed by atoms with van der Waals surface area (Å²) in [6.45, 7) is 0.766. The predicted octanol–water partition coefficient (Wildman–Crippen LogP) is 3.59. The van der Waals surface area contributed by atoms with E-state index in [0.29, 0.717) is 10.9 Å². The second-order valence-corrected chi connectivity index (χ2v) is 5.70. The molecule has 0 bridgehead atoms. The molecule has 104 valence electrons. The SMILES string of the molecule is C[N+]1(c2ccccc2)C2=CC(=O)CCN2c2ccccc21. The molecule has 1 atom stereocenters. The van der Waals surface area contributed by atoms with Crippen molar-refractivity contribution in [1.29, 1.82) is 0 Å². The Labute approximate surface area is 124 Å². The summed E-state index contributed by atoms with van der Waals surface area (Å²) in [6, 6.07) is 18.8. The van der Waals surface area contributed by atoms with E-state index < -0.39 is 0 Å². The second kappa shape index (κ2) is 4.30. The fourth-order valence-electron chi connectivity index (χ4n) is 3.44. The van der Waals surface area contributed by atoms with E-state index in [2.05, 4.69) is 60.5 Å². The van der Waals surface area contributed by atoms with Gasteiger partial charge < -0.3 is 0 Å². The molecule has 2 aromatic rings. The number of carbonyl (C=O) groups is 1. The zero-order chi connectivity index (χ0) is 14.4. The first-order valence-corrected chi connectivity index (χ1v) is 7.25. The van der Waals surface area contributed by atoms with Crippen LogP contribution in [0.4, 0.5) is 17.1 Å². The van der Waals surface area contributed by atoms with Crippen LogP contribution in [0.5, 0.6) is 0 Å². The van der Waals surface area contributed by atoms with Crippen molar-refractivity contribution >= 4 is 22.8 Å². The van der Waals surface area contributed by atoms with Gasteiger partial charge in [-0.25, -0.2) is 4.48 Å². The highest BCUT2D eigenvalue weighted by atomic mass is 16.1. The third-order valence-corrected chi connectivity index (χ3v) is 4.53. The van der Waals surface area contributed by atoms with Crippen LogP contribution in [0.1, 0.15) is 6.42 Å². The number of fused-ring (bicyclic) bond motifs is 3. The Hall–Kier alpha value is -2.39. The number of nitrogens with zero attached hydrogens (tertiary/aromatic N) is 2. The number of anilines is 1. The molecule has 4 rings (SSSR count). The quantitative estimate of drug-likeness (QED) is 0.742. The summed E-state index contributed by atoms with van der Waals surface area (Å²) in [7, 11) is 2.17. The van der Waals surface area contributed by atoms with E-state index in [0.717, 1.165) is 12.4 Å². The molecular weight excluding hydrogens is 260 g/mol. The van der Waals surface area contributed by atoms with Crippen molar-refractivity contribution in [2.75, 3.05) is 18.5 Å². The van der Waals surface area contributed by atoms with Crippen molar-refractivity contribution in [2.45, 2.75) is 6.42 Å². The van der Waals surface area contributed by atoms with Gasteiger partial charge in [-0.05, 0) is 6.07 Å². The van der Waals surface area contributed by atoms with Gasteiger partial charge in [0.1, 0.15) is 11.4 Å². The Balaban J connectivity index is 2.02. The molecule has 21 heavy (non-hydrogen) atoms. The molecule has 0 saturated carbocycles. The zero-order valence-electron chi connectivity index (χ0n) is 12.0. The minimum absolute atomic E-state index is 0.217. The topological polar surface area (TPSA) is 20.3 Å². The largest absolute Gasteiger partial charge is 0.294 e. The third-order valence-electron chi connectivity index (χ3n) is 4.53. The molecule has 0 aliphatic carbocycles. The van der Waals surface area contributed by atoms with Crippen LogP contribution >= 0.6 is 0 Å². The van der Waals surface area contributed by atoms with Gasteiger partial charge in [0.2, 0.25) is 5.82 Å². The van der Waals surface area contributed by atoms with Gasteiger partial charge in [-0.3, -0.25) is 9.69 Å².